The van der Waals surface area contributed by atoms with Crippen LogP contribution in [0.4, 0.5) is 10.0 Å². The lowest BCUT2D eigenvalue weighted by atomic mass is 10.1. The van der Waals surface area contributed by atoms with Gasteiger partial charge in [-0.3, -0.25) is 0 Å². The lowest BCUT2D eigenvalue weighted by Gasteiger charge is -2.27. The van der Waals surface area contributed by atoms with E-state index in [1.165, 1.54) is 60.6 Å². The second kappa shape index (κ2) is 21.7. The predicted octanol–water partition coefficient (Wildman–Crippen LogP) is -2.96. The van der Waals surface area contributed by atoms with E-state index in [0.29, 0.717) is 0 Å². The summed E-state index contributed by atoms with van der Waals surface area (Å²) in [6.07, 6.45) is 9.30. The van der Waals surface area contributed by atoms with Crippen LogP contribution in [0.15, 0.2) is 70.5 Å². The molecule has 23 heteroatoms. The van der Waals surface area contributed by atoms with Crippen molar-refractivity contribution in [3.05, 3.63) is 90.0 Å². The molecule has 0 amide bonds. The average Bonchev–Trinajstić information content (AvgIpc) is 4.10. The molecular formula is C38H42Cl2N4O12S5. The van der Waals surface area contributed by atoms with Gasteiger partial charge in [-0.05, 0) is 72.1 Å². The van der Waals surface area contributed by atoms with Gasteiger partial charge in [0.1, 0.15) is 26.4 Å². The number of anilines is 2. The SMILES string of the molecule is C1=CC(=[N+]2CCOCC2)SC1=C(c1ccc(C(=C2C=CC(=[N+]3CCOCC3)S2)c2ccc(N3CCOCC3)s2)s1)c1ccc(N2CCOCC2)s1.[O-][Cl+3]([O-])([O-])[O-].[O-][Cl+3]([O-])([O-])[O-]. The van der Waals surface area contributed by atoms with E-state index in [0.717, 1.165) is 105 Å². The Balaban J connectivity index is 0.000000506. The van der Waals surface area contributed by atoms with Crippen LogP contribution < -0.4 is 47.1 Å². The van der Waals surface area contributed by atoms with Crippen molar-refractivity contribution in [3.63, 3.8) is 0 Å². The Morgan fingerprint density at radius 1 is 0.443 bits per heavy atom. The van der Waals surface area contributed by atoms with Gasteiger partial charge in [-0.15, -0.1) is 54.5 Å². The molecule has 330 valence electrons. The van der Waals surface area contributed by atoms with Gasteiger partial charge < -0.3 is 28.7 Å². The smallest absolute Gasteiger partial charge is 0.239 e. The molecule has 0 N–H and O–H groups in total. The number of rotatable bonds is 6. The summed E-state index contributed by atoms with van der Waals surface area (Å²) >= 11 is 9.56. The zero-order valence-corrected chi connectivity index (χ0v) is 38.2. The molecule has 3 aromatic rings. The van der Waals surface area contributed by atoms with E-state index >= 15 is 0 Å². The first kappa shape index (κ1) is 46.8. The second-order valence-electron chi connectivity index (χ2n) is 13.6. The average molecular weight is 978 g/mol. The Morgan fingerprint density at radius 2 is 0.754 bits per heavy atom. The summed E-state index contributed by atoms with van der Waals surface area (Å²) < 4.78 is 95.6. The maximum absolute atomic E-state index is 8.49. The van der Waals surface area contributed by atoms with Gasteiger partial charge in [-0.25, -0.2) is 46.4 Å². The fraction of sp³-hybridized carbons (Fsp3) is 0.421. The minimum Gasteiger partial charge on any atom is -0.378 e. The van der Waals surface area contributed by atoms with Crippen molar-refractivity contribution in [1.82, 2.24) is 0 Å². The van der Waals surface area contributed by atoms with Gasteiger partial charge >= 0.3 is 0 Å². The van der Waals surface area contributed by atoms with Crippen molar-refractivity contribution in [3.8, 4) is 0 Å². The molecule has 61 heavy (non-hydrogen) atoms. The number of allylic oxidation sites excluding steroid dienone is 2. The Bertz CT molecular complexity index is 2000. The van der Waals surface area contributed by atoms with Crippen molar-refractivity contribution >= 4 is 88.8 Å². The summed E-state index contributed by atoms with van der Waals surface area (Å²) in [6, 6.07) is 14.0. The summed E-state index contributed by atoms with van der Waals surface area (Å²) in [5.41, 5.74) is 2.67. The van der Waals surface area contributed by atoms with Gasteiger partial charge in [0.05, 0.1) is 36.4 Å². The van der Waals surface area contributed by atoms with E-state index in [2.05, 4.69) is 79.7 Å². The number of thioether (sulfide) groups is 2. The predicted molar refractivity (Wildman–Crippen MR) is 216 cm³/mol. The van der Waals surface area contributed by atoms with E-state index in [4.69, 9.17) is 56.2 Å². The third-order valence-electron chi connectivity index (χ3n) is 9.74. The van der Waals surface area contributed by atoms with Crippen molar-refractivity contribution < 1.29 is 85.9 Å². The maximum Gasteiger partial charge on any atom is 0.239 e. The molecule has 16 nitrogen and oxygen atoms in total. The lowest BCUT2D eigenvalue weighted by molar-refractivity contribution is -2.00. The molecule has 6 aliphatic rings. The molecule has 0 saturated carbocycles. The molecule has 0 aromatic carbocycles. The highest BCUT2D eigenvalue weighted by atomic mass is 35.7. The Hall–Kier alpha value is -2.20. The van der Waals surface area contributed by atoms with E-state index in [1.54, 1.807) is 0 Å². The normalized spacial score (nSPS) is 21.7. The molecule has 3 aromatic heterocycles. The van der Waals surface area contributed by atoms with Crippen LogP contribution in [0.2, 0.25) is 0 Å². The monoisotopic (exact) mass is 976 g/mol. The molecular weight excluding hydrogens is 936 g/mol. The van der Waals surface area contributed by atoms with Crippen LogP contribution in [-0.4, -0.2) is 124 Å². The van der Waals surface area contributed by atoms with Crippen molar-refractivity contribution in [2.45, 2.75) is 0 Å². The summed E-state index contributed by atoms with van der Waals surface area (Å²) in [4.78, 5) is 12.8. The minimum absolute atomic E-state index is 0.788. The van der Waals surface area contributed by atoms with Crippen LogP contribution in [0.1, 0.15) is 19.5 Å². The summed E-state index contributed by atoms with van der Waals surface area (Å²) in [6.45, 7) is 13.8. The van der Waals surface area contributed by atoms with Crippen LogP contribution in [-0.2, 0) is 18.9 Å². The highest BCUT2D eigenvalue weighted by Gasteiger charge is 2.29. The van der Waals surface area contributed by atoms with Crippen LogP contribution in [0, 0.1) is 20.5 Å². The summed E-state index contributed by atoms with van der Waals surface area (Å²) in [5.74, 6) is 0. The van der Waals surface area contributed by atoms with Crippen molar-refractivity contribution in [2.75, 3.05) is 115 Å². The number of ether oxygens (including phenoxy) is 4. The fourth-order valence-corrected chi connectivity index (χ4v) is 13.1. The Labute approximate surface area is 377 Å². The summed E-state index contributed by atoms with van der Waals surface area (Å²) in [7, 11) is -9.89. The van der Waals surface area contributed by atoms with Crippen LogP contribution in [0.5, 0.6) is 0 Å². The van der Waals surface area contributed by atoms with E-state index in [9.17, 15) is 0 Å². The molecule has 0 bridgehead atoms. The molecule has 9 heterocycles. The van der Waals surface area contributed by atoms with Gasteiger partial charge in [0.25, 0.3) is 0 Å². The maximum atomic E-state index is 8.49. The second-order valence-corrected chi connectivity index (χ2v) is 20.5. The number of halogens is 2. The standard InChI is InChI=1S/C38H42N4O4S5.2ClHO4/c1-2-28(38(31-5-9-35(50-31)41-15-23-45-24-16-41)32-6-10-36(51-32)42-17-25-46-26-18-42)47-27(1)37(29-3-7-33(48-29)39-11-19-43-20-12-39)30-4-8-34(49-30)40-13-21-44-22-14-40;2*2-1(3,4)5/h1-10H,11-26H2;2*(H,2,3,4,5)/q+2;;/p-2. The van der Waals surface area contributed by atoms with Gasteiger partial charge in [0.15, 0.2) is 26.2 Å². The minimum atomic E-state index is -4.94. The molecule has 0 unspecified atom stereocenters. The molecule has 0 spiro atoms. The van der Waals surface area contributed by atoms with E-state index < -0.39 is 20.5 Å². The third-order valence-corrected chi connectivity index (χ3v) is 15.5. The molecule has 4 fully saturated rings. The van der Waals surface area contributed by atoms with Gasteiger partial charge in [0, 0.05) is 78.8 Å². The van der Waals surface area contributed by atoms with Gasteiger partial charge in [-0.2, -0.15) is 0 Å². The van der Waals surface area contributed by atoms with Crippen molar-refractivity contribution in [1.29, 1.82) is 0 Å². The lowest BCUT2D eigenvalue weighted by Crippen LogP contribution is -2.68. The fourth-order valence-electron chi connectivity index (χ4n) is 7.00. The number of hydrogen-bond donors (Lipinski definition) is 0. The van der Waals surface area contributed by atoms with Gasteiger partial charge in [-0.1, -0.05) is 0 Å². The van der Waals surface area contributed by atoms with Crippen LogP contribution in [0.3, 0.4) is 0 Å². The number of morpholine rings is 4. The first-order valence-electron chi connectivity index (χ1n) is 19.1. The van der Waals surface area contributed by atoms with Gasteiger partial charge in [0.2, 0.25) is 10.1 Å². The molecule has 9 rings (SSSR count). The highest BCUT2D eigenvalue weighted by Crippen LogP contribution is 2.48. The number of hydrogen-bond acceptors (Lipinski definition) is 19. The molecule has 6 aliphatic heterocycles. The Morgan fingerprint density at radius 3 is 1.11 bits per heavy atom. The molecule has 0 radical (unpaired) electrons. The zero-order chi connectivity index (χ0) is 43.0. The molecule has 0 aliphatic carbocycles. The van der Waals surface area contributed by atoms with Crippen LogP contribution >= 0.6 is 57.5 Å². The first-order chi connectivity index (χ1) is 29.3. The van der Waals surface area contributed by atoms with E-state index in [-0.39, 0.29) is 0 Å². The van der Waals surface area contributed by atoms with Crippen LogP contribution in [0.25, 0.3) is 11.1 Å². The topological polar surface area (TPSA) is 234 Å². The quantitative estimate of drug-likeness (QED) is 0.225. The highest BCUT2D eigenvalue weighted by molar-refractivity contribution is 8.18. The molecule has 4 saturated heterocycles. The van der Waals surface area contributed by atoms with E-state index in [1.807, 2.05) is 57.5 Å². The number of nitrogens with zero attached hydrogens (tertiary/aromatic N) is 4. The largest absolute Gasteiger partial charge is 0.378 e. The number of thiophene rings is 3. The molecule has 0 atom stereocenters. The Kier molecular flexibility index (Phi) is 16.6. The third kappa shape index (κ3) is 13.7. The van der Waals surface area contributed by atoms with Crippen molar-refractivity contribution in [2.24, 2.45) is 0 Å². The summed E-state index contributed by atoms with van der Waals surface area (Å²) in [5, 5.41) is 5.29. The zero-order valence-electron chi connectivity index (χ0n) is 32.6. The first-order valence-corrected chi connectivity index (χ1v) is 25.6.